The van der Waals surface area contributed by atoms with Gasteiger partial charge in [0.15, 0.2) is 5.79 Å². The fourth-order valence-electron chi connectivity index (χ4n) is 5.06. The summed E-state index contributed by atoms with van der Waals surface area (Å²) in [6, 6.07) is 6.31. The third kappa shape index (κ3) is 5.91. The van der Waals surface area contributed by atoms with Crippen LogP contribution >= 0.6 is 11.6 Å². The first kappa shape index (κ1) is 24.1. The third-order valence-electron chi connectivity index (χ3n) is 6.98. The van der Waals surface area contributed by atoms with Gasteiger partial charge in [0.25, 0.3) is 0 Å². The lowest BCUT2D eigenvalue weighted by molar-refractivity contribution is 0.272. The lowest BCUT2D eigenvalue weighted by atomic mass is 10.1. The van der Waals surface area contributed by atoms with Crippen LogP contribution in [0.25, 0.3) is 0 Å². The average Bonchev–Trinajstić information content (AvgIpc) is 3.12. The molecule has 0 spiro atoms. The van der Waals surface area contributed by atoms with Gasteiger partial charge in [-0.05, 0) is 57.0 Å². The highest BCUT2D eigenvalue weighted by atomic mass is 35.5. The molecule has 2 saturated heterocycles. The van der Waals surface area contributed by atoms with E-state index < -0.39 is 5.79 Å². The Balaban J connectivity index is 1.60. The van der Waals surface area contributed by atoms with Gasteiger partial charge in [-0.1, -0.05) is 44.2 Å². The van der Waals surface area contributed by atoms with Gasteiger partial charge in [-0.2, -0.15) is 0 Å². The maximum absolute atomic E-state index is 6.86. The molecule has 182 valence electrons. The van der Waals surface area contributed by atoms with Crippen LogP contribution in [0, 0.1) is 0 Å². The molecule has 0 aromatic heterocycles. The van der Waals surface area contributed by atoms with Crippen molar-refractivity contribution in [3.8, 4) is 5.75 Å². The van der Waals surface area contributed by atoms with Crippen LogP contribution < -0.4 is 26.4 Å². The Kier molecular flexibility index (Phi) is 7.98. The summed E-state index contributed by atoms with van der Waals surface area (Å²) in [5.41, 5.74) is 7.65. The number of ether oxygens (including phenoxy) is 1. The average molecular weight is 476 g/mol. The molecule has 5 N–H and O–H groups in total. The predicted octanol–water partition coefficient (Wildman–Crippen LogP) is 3.12. The van der Waals surface area contributed by atoms with Gasteiger partial charge in [-0.25, -0.2) is 4.99 Å². The minimum Gasteiger partial charge on any atom is -0.495 e. The van der Waals surface area contributed by atoms with Crippen molar-refractivity contribution in [1.29, 1.82) is 0 Å². The number of hydrogen-bond acceptors (Lipinski definition) is 5. The van der Waals surface area contributed by atoms with Crippen LogP contribution in [-0.4, -0.2) is 55.6 Å². The van der Waals surface area contributed by atoms with Crippen molar-refractivity contribution in [2.45, 2.75) is 76.2 Å². The van der Waals surface area contributed by atoms with Gasteiger partial charge < -0.3 is 15.4 Å². The van der Waals surface area contributed by atoms with Gasteiger partial charge in [0.2, 0.25) is 11.9 Å². The lowest BCUT2D eigenvalue weighted by Crippen LogP contribution is -2.73. The molecule has 2 atom stereocenters. The highest BCUT2D eigenvalue weighted by Gasteiger charge is 2.35. The fourth-order valence-corrected chi connectivity index (χ4v) is 5.32. The van der Waals surface area contributed by atoms with Crippen molar-refractivity contribution in [3.63, 3.8) is 0 Å². The first-order valence-corrected chi connectivity index (χ1v) is 12.7. The molecule has 2 unspecified atom stereocenters. The van der Waals surface area contributed by atoms with Crippen molar-refractivity contribution in [3.05, 3.63) is 28.8 Å². The van der Waals surface area contributed by atoms with E-state index in [9.17, 15) is 0 Å². The Hall–Kier alpha value is -2.03. The summed E-state index contributed by atoms with van der Waals surface area (Å²) in [6.45, 7) is 5.13. The van der Waals surface area contributed by atoms with Crippen molar-refractivity contribution < 1.29 is 4.74 Å². The summed E-state index contributed by atoms with van der Waals surface area (Å²) in [5.74, 6) is 0.815. The maximum Gasteiger partial charge on any atom is 0.201 e. The second kappa shape index (κ2) is 10.9. The zero-order chi connectivity index (χ0) is 23.3. The first-order valence-electron chi connectivity index (χ1n) is 12.3. The van der Waals surface area contributed by atoms with Crippen LogP contribution in [0.2, 0.25) is 5.02 Å². The molecule has 1 saturated carbocycles. The highest BCUT2D eigenvalue weighted by Crippen LogP contribution is 2.28. The van der Waals surface area contributed by atoms with Gasteiger partial charge in [-0.3, -0.25) is 20.9 Å². The van der Waals surface area contributed by atoms with E-state index in [-0.39, 0.29) is 6.04 Å². The molecule has 4 rings (SSSR count). The molecule has 2 heterocycles. The van der Waals surface area contributed by atoms with Gasteiger partial charge in [0.05, 0.1) is 24.7 Å². The molecule has 33 heavy (non-hydrogen) atoms. The minimum atomic E-state index is -1.09. The molecule has 1 aromatic carbocycles. The molecule has 0 radical (unpaired) electrons. The van der Waals surface area contributed by atoms with E-state index in [1.807, 2.05) is 18.2 Å². The van der Waals surface area contributed by atoms with Crippen LogP contribution in [0.3, 0.4) is 0 Å². The number of rotatable bonds is 6. The van der Waals surface area contributed by atoms with Crippen molar-refractivity contribution in [2.24, 2.45) is 15.7 Å². The molecule has 9 heteroatoms. The Morgan fingerprint density at radius 3 is 2.58 bits per heavy atom. The Morgan fingerprint density at radius 2 is 1.88 bits per heavy atom. The van der Waals surface area contributed by atoms with Gasteiger partial charge >= 0.3 is 0 Å². The van der Waals surface area contributed by atoms with E-state index in [0.29, 0.717) is 28.7 Å². The van der Waals surface area contributed by atoms with E-state index in [2.05, 4.69) is 27.8 Å². The van der Waals surface area contributed by atoms with Crippen molar-refractivity contribution in [1.82, 2.24) is 20.9 Å². The summed E-state index contributed by atoms with van der Waals surface area (Å²) in [6.07, 6.45) is 9.62. The summed E-state index contributed by atoms with van der Waals surface area (Å²) < 4.78 is 5.31. The number of nitrogens with two attached hydrogens (primary N) is 1. The number of methoxy groups -OCH3 is 1. The molecule has 0 amide bonds. The number of aliphatic imine (C=N–C) groups is 2. The van der Waals surface area contributed by atoms with E-state index >= 15 is 0 Å². The molecule has 1 aromatic rings. The van der Waals surface area contributed by atoms with E-state index in [1.165, 1.54) is 38.5 Å². The standard InChI is InChI=1S/C24H38ClN7O/c1-3-32-14-8-11-19(32)16-27-22-29-23(28-18-9-6-4-5-7-10-18)31-24(26,30-22)17-12-13-21(33-2)20(25)15-17/h12-13,15,18-19H,3-11,14,16,26H2,1-2H3,(H3,27,28,29,30,31). The number of likely N-dealkylation sites (N-methyl/N-ethyl adjacent to an activating group) is 1. The molecule has 3 fully saturated rings. The molecule has 2 aliphatic heterocycles. The number of benzene rings is 1. The molecule has 3 aliphatic rings. The SMILES string of the molecule is CCN1CCCC1CN=C1NC(=NC2CCCCCC2)NC(N)(c2ccc(OC)c(Cl)c2)N1. The molecule has 8 nitrogen and oxygen atoms in total. The quantitative estimate of drug-likeness (QED) is 0.472. The van der Waals surface area contributed by atoms with E-state index in [1.54, 1.807) is 7.11 Å². The number of nitrogens with zero attached hydrogens (tertiary/aromatic N) is 3. The fraction of sp³-hybridized carbons (Fsp3) is 0.667. The number of halogens is 1. The zero-order valence-electron chi connectivity index (χ0n) is 19.9. The van der Waals surface area contributed by atoms with Gasteiger partial charge in [0.1, 0.15) is 5.75 Å². The third-order valence-corrected chi connectivity index (χ3v) is 7.27. The second-order valence-corrected chi connectivity index (χ2v) is 9.68. The van der Waals surface area contributed by atoms with Crippen LogP contribution in [0.5, 0.6) is 5.75 Å². The lowest BCUT2D eigenvalue weighted by Gasteiger charge is -2.39. The minimum absolute atomic E-state index is 0.288. The molecular weight excluding hydrogens is 438 g/mol. The Morgan fingerprint density at radius 1 is 1.12 bits per heavy atom. The normalized spacial score (nSPS) is 29.4. The predicted molar refractivity (Wildman–Crippen MR) is 135 cm³/mol. The first-order chi connectivity index (χ1) is 16.0. The topological polar surface area (TPSA) is 99.3 Å². The van der Waals surface area contributed by atoms with Gasteiger partial charge in [0, 0.05) is 11.6 Å². The van der Waals surface area contributed by atoms with Gasteiger partial charge in [-0.15, -0.1) is 0 Å². The monoisotopic (exact) mass is 475 g/mol. The summed E-state index contributed by atoms with van der Waals surface area (Å²) in [5, 5.41) is 10.6. The molecular formula is C24H38ClN7O. The summed E-state index contributed by atoms with van der Waals surface area (Å²) >= 11 is 6.42. The Labute approximate surface area is 202 Å². The summed E-state index contributed by atoms with van der Waals surface area (Å²) in [7, 11) is 1.60. The largest absolute Gasteiger partial charge is 0.495 e. The maximum atomic E-state index is 6.86. The zero-order valence-corrected chi connectivity index (χ0v) is 20.6. The van der Waals surface area contributed by atoms with Crippen LogP contribution in [0.4, 0.5) is 0 Å². The van der Waals surface area contributed by atoms with Crippen molar-refractivity contribution in [2.75, 3.05) is 26.7 Å². The number of likely N-dealkylation sites (tertiary alicyclic amines) is 1. The second-order valence-electron chi connectivity index (χ2n) is 9.27. The van der Waals surface area contributed by atoms with Crippen LogP contribution in [0.15, 0.2) is 28.2 Å². The van der Waals surface area contributed by atoms with Crippen LogP contribution in [-0.2, 0) is 5.79 Å². The number of hydrogen-bond donors (Lipinski definition) is 4. The van der Waals surface area contributed by atoms with E-state index in [0.717, 1.165) is 38.0 Å². The smallest absolute Gasteiger partial charge is 0.201 e. The molecule has 0 bridgehead atoms. The van der Waals surface area contributed by atoms with Crippen molar-refractivity contribution >= 4 is 23.5 Å². The van der Waals surface area contributed by atoms with Crippen LogP contribution in [0.1, 0.15) is 63.9 Å². The molecule has 1 aliphatic carbocycles. The number of guanidine groups is 2. The van der Waals surface area contributed by atoms with E-state index in [4.69, 9.17) is 32.1 Å². The summed E-state index contributed by atoms with van der Waals surface area (Å²) in [4.78, 5) is 12.4. The Bertz CT molecular complexity index is 868. The highest BCUT2D eigenvalue weighted by molar-refractivity contribution is 6.32. The number of nitrogens with one attached hydrogen (secondary N) is 3.